The third kappa shape index (κ3) is 5.76. The number of fused-ring (bicyclic) bond motifs is 1. The fourth-order valence-corrected chi connectivity index (χ4v) is 9.15. The van der Waals surface area contributed by atoms with E-state index in [1.165, 1.54) is 28.4 Å². The number of carboxylic acids is 1. The molecular weight excluding hydrogens is 606 g/mol. The maximum Gasteiger partial charge on any atom is 0.353 e. The quantitative estimate of drug-likeness (QED) is 0.224. The summed E-state index contributed by atoms with van der Waals surface area (Å²) >= 11 is 11.4. The number of nitroso groups, excluding NO2 is 1. The number of nitrogens with one attached hydrogen (secondary N) is 2. The average Bonchev–Trinajstić information content (AvgIpc) is 3.55. The maximum atomic E-state index is 13.1. The number of carbonyl (C=O) groups excluding carboxylic acids is 2. The van der Waals surface area contributed by atoms with Gasteiger partial charge in [0.25, 0.3) is 11.8 Å². The van der Waals surface area contributed by atoms with Gasteiger partial charge in [-0.15, -0.1) is 16.7 Å². The lowest BCUT2D eigenvalue weighted by Gasteiger charge is -2.49. The molecule has 2 aromatic heterocycles. The van der Waals surface area contributed by atoms with Crippen LogP contribution in [0.25, 0.3) is 0 Å². The van der Waals surface area contributed by atoms with Crippen molar-refractivity contribution in [3.8, 4) is 0 Å². The van der Waals surface area contributed by atoms with E-state index in [0.29, 0.717) is 15.9 Å². The van der Waals surface area contributed by atoms with Crippen LogP contribution >= 0.6 is 58.2 Å². The third-order valence-corrected chi connectivity index (χ3v) is 11.4. The summed E-state index contributed by atoms with van der Waals surface area (Å²) in [6, 6.07) is -0.777. The van der Waals surface area contributed by atoms with Crippen LogP contribution in [0.5, 0.6) is 0 Å². The molecule has 5 N–H and O–H groups in total. The molecular formula is C22H22ClN7O5S4. The molecule has 0 bridgehead atoms. The molecule has 0 radical (unpaired) electrons. The largest absolute Gasteiger partial charge is 0.477 e. The van der Waals surface area contributed by atoms with Gasteiger partial charge in [-0.25, -0.2) is 9.78 Å². The first-order valence-corrected chi connectivity index (χ1v) is 15.8. The summed E-state index contributed by atoms with van der Waals surface area (Å²) in [5.74, 6) is -1.64. The zero-order chi connectivity index (χ0) is 27.7. The SMILES string of the molecule is Nc1nc(C(N=O)C(=O)N[C@@H]2C(=O)N3C(C(=O)O)=C(Sc4ccncc4CSC4CCNC4)CS[C@@H]23)c(Cl)s1. The van der Waals surface area contributed by atoms with Gasteiger partial charge in [-0.1, -0.05) is 34.7 Å². The van der Waals surface area contributed by atoms with Crippen LogP contribution in [-0.4, -0.2) is 73.3 Å². The van der Waals surface area contributed by atoms with E-state index >= 15 is 0 Å². The minimum atomic E-state index is -1.59. The van der Waals surface area contributed by atoms with Gasteiger partial charge in [-0.2, -0.15) is 11.8 Å². The van der Waals surface area contributed by atoms with Crippen molar-refractivity contribution in [2.75, 3.05) is 24.6 Å². The number of carbonyl (C=O) groups is 3. The van der Waals surface area contributed by atoms with Crippen molar-refractivity contribution in [3.05, 3.63) is 49.6 Å². The second-order valence-corrected chi connectivity index (χ2v) is 13.9. The number of nitrogens with zero attached hydrogens (tertiary/aromatic N) is 4. The Kier molecular flexibility index (Phi) is 8.68. The molecule has 5 heterocycles. The number of nitrogen functional groups attached to an aromatic ring is 1. The van der Waals surface area contributed by atoms with Crippen molar-refractivity contribution in [1.29, 1.82) is 0 Å². The molecule has 0 aromatic carbocycles. The summed E-state index contributed by atoms with van der Waals surface area (Å²) in [6.45, 7) is 1.97. The number of amides is 2. The van der Waals surface area contributed by atoms with Gasteiger partial charge >= 0.3 is 5.97 Å². The van der Waals surface area contributed by atoms with Crippen molar-refractivity contribution < 1.29 is 19.5 Å². The molecule has 39 heavy (non-hydrogen) atoms. The Morgan fingerprint density at radius 2 is 2.26 bits per heavy atom. The molecule has 0 aliphatic carbocycles. The summed E-state index contributed by atoms with van der Waals surface area (Å²) in [5.41, 5.74) is 6.39. The van der Waals surface area contributed by atoms with Crippen molar-refractivity contribution >= 4 is 81.1 Å². The molecule has 17 heteroatoms. The minimum absolute atomic E-state index is 0.0485. The van der Waals surface area contributed by atoms with E-state index in [0.717, 1.165) is 47.1 Å². The number of halogens is 1. The van der Waals surface area contributed by atoms with Crippen LogP contribution in [-0.2, 0) is 20.1 Å². The zero-order valence-corrected chi connectivity index (χ0v) is 24.1. The van der Waals surface area contributed by atoms with Gasteiger partial charge in [0.2, 0.25) is 6.04 Å². The Labute approximate surface area is 244 Å². The van der Waals surface area contributed by atoms with E-state index in [1.807, 2.05) is 17.8 Å². The smallest absolute Gasteiger partial charge is 0.353 e. The first-order chi connectivity index (χ1) is 18.8. The second-order valence-electron chi connectivity index (χ2n) is 8.70. The highest BCUT2D eigenvalue weighted by Crippen LogP contribution is 2.46. The van der Waals surface area contributed by atoms with Crippen molar-refractivity contribution in [1.82, 2.24) is 25.5 Å². The van der Waals surface area contributed by atoms with Crippen LogP contribution in [0.1, 0.15) is 23.7 Å². The second kappa shape index (κ2) is 12.0. The Bertz CT molecular complexity index is 1350. The van der Waals surface area contributed by atoms with E-state index in [2.05, 4.69) is 25.8 Å². The molecule has 12 nitrogen and oxygen atoms in total. The standard InChI is InChI=1S/C22H22ClN7O5S4/c23-17-13(28-22(24)39-17)14(29-35)18(31)27-15-19(32)30-16(21(33)34)12(8-37-20(15)30)38-11-2-4-25-5-9(11)7-36-10-1-3-26-6-10/h2,4-5,10,14-15,20,26H,1,3,6-8H2,(H2,24,28)(H,27,31)(H,33,34)/t10?,14?,15-,20+/m1/s1. The molecule has 0 spiro atoms. The van der Waals surface area contributed by atoms with Gasteiger partial charge in [0.15, 0.2) is 5.13 Å². The summed E-state index contributed by atoms with van der Waals surface area (Å²) < 4.78 is 0.0485. The van der Waals surface area contributed by atoms with Crippen LogP contribution in [0.2, 0.25) is 4.34 Å². The molecule has 0 saturated carbocycles. The fourth-order valence-electron chi connectivity index (χ4n) is 4.35. The summed E-state index contributed by atoms with van der Waals surface area (Å²) in [7, 11) is 0. The van der Waals surface area contributed by atoms with Gasteiger partial charge in [0, 0.05) is 45.5 Å². The number of thiazole rings is 1. The molecule has 206 valence electrons. The molecule has 2 aromatic rings. The number of β-lactam (4-membered cyclic amide) rings is 1. The van der Waals surface area contributed by atoms with E-state index in [4.69, 9.17) is 17.3 Å². The molecule has 3 aliphatic heterocycles. The number of thioether (sulfide) groups is 3. The summed E-state index contributed by atoms with van der Waals surface area (Å²) in [5, 5.41) is 18.7. The Morgan fingerprint density at radius 1 is 1.44 bits per heavy atom. The van der Waals surface area contributed by atoms with Crippen LogP contribution < -0.4 is 16.4 Å². The summed E-state index contributed by atoms with van der Waals surface area (Å²) in [6.07, 6.45) is 4.55. The highest BCUT2D eigenvalue weighted by Gasteiger charge is 2.55. The first-order valence-electron chi connectivity index (χ1n) is 11.7. The maximum absolute atomic E-state index is 13.1. The minimum Gasteiger partial charge on any atom is -0.477 e. The average molecular weight is 628 g/mol. The Hall–Kier alpha value is -2.37. The van der Waals surface area contributed by atoms with Gasteiger partial charge in [0.05, 0.1) is 0 Å². The van der Waals surface area contributed by atoms with Crippen LogP contribution in [0.4, 0.5) is 5.13 Å². The van der Waals surface area contributed by atoms with Crippen LogP contribution in [0.3, 0.4) is 0 Å². The van der Waals surface area contributed by atoms with E-state index in [1.54, 1.807) is 12.4 Å². The lowest BCUT2D eigenvalue weighted by Crippen LogP contribution is -2.70. The van der Waals surface area contributed by atoms with Crippen LogP contribution in [0.15, 0.2) is 39.1 Å². The number of anilines is 1. The predicted molar refractivity (Wildman–Crippen MR) is 152 cm³/mol. The van der Waals surface area contributed by atoms with Crippen molar-refractivity contribution in [2.45, 2.75) is 39.8 Å². The summed E-state index contributed by atoms with van der Waals surface area (Å²) in [4.78, 5) is 60.4. The fraction of sp³-hybridized carbons (Fsp3) is 0.409. The van der Waals surface area contributed by atoms with E-state index < -0.39 is 35.2 Å². The predicted octanol–water partition coefficient (Wildman–Crippen LogP) is 2.66. The van der Waals surface area contributed by atoms with E-state index in [9.17, 15) is 24.4 Å². The Balaban J connectivity index is 1.31. The molecule has 3 aliphatic rings. The van der Waals surface area contributed by atoms with E-state index in [-0.39, 0.29) is 20.9 Å². The number of rotatable bonds is 10. The number of aliphatic carboxylic acids is 1. The highest BCUT2D eigenvalue weighted by molar-refractivity contribution is 8.06. The molecule has 2 amide bonds. The first kappa shape index (κ1) is 28.2. The molecule has 2 unspecified atom stereocenters. The zero-order valence-electron chi connectivity index (χ0n) is 20.0. The third-order valence-electron chi connectivity index (χ3n) is 6.25. The van der Waals surface area contributed by atoms with Crippen LogP contribution in [0, 0.1) is 4.91 Å². The number of carboxylic acid groups (broad SMARTS) is 1. The van der Waals surface area contributed by atoms with Crippen molar-refractivity contribution in [3.63, 3.8) is 0 Å². The molecule has 2 saturated heterocycles. The molecule has 4 atom stereocenters. The van der Waals surface area contributed by atoms with Gasteiger partial charge < -0.3 is 21.5 Å². The number of nitrogens with two attached hydrogens (primary N) is 1. The monoisotopic (exact) mass is 627 g/mol. The van der Waals surface area contributed by atoms with Gasteiger partial charge in [0.1, 0.15) is 27.1 Å². The molecule has 5 rings (SSSR count). The lowest BCUT2D eigenvalue weighted by molar-refractivity contribution is -0.150. The van der Waals surface area contributed by atoms with Crippen molar-refractivity contribution in [2.24, 2.45) is 5.18 Å². The number of aromatic nitrogens is 2. The highest BCUT2D eigenvalue weighted by atomic mass is 35.5. The topological polar surface area (TPSA) is 180 Å². The Morgan fingerprint density at radius 3 is 2.92 bits per heavy atom. The normalized spacial score (nSPS) is 23.3. The van der Waals surface area contributed by atoms with Gasteiger partial charge in [-0.3, -0.25) is 19.5 Å². The molecule has 2 fully saturated rings. The number of hydrogen-bond acceptors (Lipinski definition) is 13. The van der Waals surface area contributed by atoms with Gasteiger partial charge in [-0.05, 0) is 29.8 Å². The lowest BCUT2D eigenvalue weighted by atomic mass is 10.0. The number of hydrogen-bond donors (Lipinski definition) is 4. The number of pyridine rings is 1.